The zero-order valence-corrected chi connectivity index (χ0v) is 11.4. The molecule has 3 heteroatoms. The van der Waals surface area contributed by atoms with Gasteiger partial charge in [0.25, 0.3) is 0 Å². The zero-order valence-electron chi connectivity index (χ0n) is 11.4. The number of hydrogen-bond donors (Lipinski definition) is 2. The first-order valence-electron chi connectivity index (χ1n) is 6.26. The van der Waals surface area contributed by atoms with Crippen LogP contribution in [-0.2, 0) is 17.6 Å². The minimum Gasteiger partial charge on any atom is -0.386 e. The van der Waals surface area contributed by atoms with E-state index in [-0.39, 0.29) is 5.43 Å². The first-order chi connectivity index (χ1) is 8.13. The zero-order chi connectivity index (χ0) is 13.7. The summed E-state index contributed by atoms with van der Waals surface area (Å²) in [6, 6.07) is 3.24. The van der Waals surface area contributed by atoms with Crippen molar-refractivity contribution in [3.05, 3.63) is 44.6 Å². The summed E-state index contributed by atoms with van der Waals surface area (Å²) in [5, 5.41) is 20.5. The van der Waals surface area contributed by atoms with E-state index >= 15 is 0 Å². The Morgan fingerprint density at radius 2 is 1.94 bits per heavy atom. The third-order valence-corrected chi connectivity index (χ3v) is 3.80. The van der Waals surface area contributed by atoms with E-state index in [0.717, 1.165) is 23.1 Å². The summed E-state index contributed by atoms with van der Waals surface area (Å²) in [6.07, 6.45) is 1.43. The van der Waals surface area contributed by atoms with Crippen molar-refractivity contribution >= 4 is 0 Å². The minimum absolute atomic E-state index is 0.176. The highest BCUT2D eigenvalue weighted by Gasteiger charge is 2.34. The van der Waals surface area contributed by atoms with E-state index in [1.807, 2.05) is 6.92 Å². The lowest BCUT2D eigenvalue weighted by Crippen LogP contribution is -2.25. The SMILES string of the molecule is Cc1cc(=O)c(C(C)(C)O)cc2c1CCC2(C)O. The Hall–Kier alpha value is -1.19. The third-order valence-electron chi connectivity index (χ3n) is 3.80. The number of fused-ring (bicyclic) bond motifs is 1. The summed E-state index contributed by atoms with van der Waals surface area (Å²) in [7, 11) is 0. The van der Waals surface area contributed by atoms with E-state index in [1.54, 1.807) is 32.9 Å². The van der Waals surface area contributed by atoms with Crippen molar-refractivity contribution in [2.24, 2.45) is 0 Å². The average molecular weight is 248 g/mol. The molecule has 0 fully saturated rings. The van der Waals surface area contributed by atoms with Crippen LogP contribution < -0.4 is 5.43 Å². The van der Waals surface area contributed by atoms with E-state index < -0.39 is 11.2 Å². The van der Waals surface area contributed by atoms with Crippen LogP contribution >= 0.6 is 0 Å². The van der Waals surface area contributed by atoms with E-state index in [2.05, 4.69) is 0 Å². The highest BCUT2D eigenvalue weighted by molar-refractivity contribution is 5.43. The molecule has 0 saturated heterocycles. The Morgan fingerprint density at radius 1 is 1.33 bits per heavy atom. The van der Waals surface area contributed by atoms with Gasteiger partial charge in [-0.25, -0.2) is 0 Å². The molecule has 2 rings (SSSR count). The number of hydrogen-bond acceptors (Lipinski definition) is 3. The smallest absolute Gasteiger partial charge is 0.184 e. The third kappa shape index (κ3) is 2.08. The summed E-state index contributed by atoms with van der Waals surface area (Å²) >= 11 is 0. The van der Waals surface area contributed by atoms with Gasteiger partial charge in [-0.1, -0.05) is 0 Å². The molecule has 0 bridgehead atoms. The lowest BCUT2D eigenvalue weighted by molar-refractivity contribution is 0.0577. The second kappa shape index (κ2) is 3.90. The van der Waals surface area contributed by atoms with Gasteiger partial charge in [0.15, 0.2) is 5.43 Å². The van der Waals surface area contributed by atoms with Crippen LogP contribution in [0.2, 0.25) is 0 Å². The van der Waals surface area contributed by atoms with Crippen molar-refractivity contribution < 1.29 is 10.2 Å². The molecule has 1 aliphatic rings. The topological polar surface area (TPSA) is 57.5 Å². The Balaban J connectivity index is 2.84. The minimum atomic E-state index is -1.20. The Morgan fingerprint density at radius 3 is 2.50 bits per heavy atom. The molecule has 2 N–H and O–H groups in total. The lowest BCUT2D eigenvalue weighted by Gasteiger charge is -2.20. The van der Waals surface area contributed by atoms with Crippen LogP contribution in [0.1, 0.15) is 49.4 Å². The Kier molecular flexibility index (Phi) is 2.87. The monoisotopic (exact) mass is 248 g/mol. The molecule has 1 atom stereocenters. The predicted molar refractivity (Wildman–Crippen MR) is 70.6 cm³/mol. The van der Waals surface area contributed by atoms with Gasteiger partial charge in [0.05, 0.1) is 11.2 Å². The van der Waals surface area contributed by atoms with Gasteiger partial charge in [-0.2, -0.15) is 0 Å². The van der Waals surface area contributed by atoms with Gasteiger partial charge in [0.1, 0.15) is 0 Å². The molecule has 0 heterocycles. The second-order valence-corrected chi connectivity index (χ2v) is 5.97. The lowest BCUT2D eigenvalue weighted by atomic mass is 9.94. The molecule has 3 nitrogen and oxygen atoms in total. The maximum atomic E-state index is 12.1. The van der Waals surface area contributed by atoms with Crippen LogP contribution in [0, 0.1) is 6.92 Å². The summed E-state index contributed by atoms with van der Waals surface area (Å²) in [5.41, 5.74) is 0.759. The van der Waals surface area contributed by atoms with Gasteiger partial charge < -0.3 is 10.2 Å². The van der Waals surface area contributed by atoms with E-state index in [9.17, 15) is 15.0 Å². The first-order valence-corrected chi connectivity index (χ1v) is 6.26. The summed E-state index contributed by atoms with van der Waals surface area (Å²) < 4.78 is 0. The van der Waals surface area contributed by atoms with Crippen LogP contribution in [0.3, 0.4) is 0 Å². The Labute approximate surface area is 107 Å². The van der Waals surface area contributed by atoms with Crippen molar-refractivity contribution in [1.29, 1.82) is 0 Å². The average Bonchev–Trinajstić information content (AvgIpc) is 2.39. The molecule has 18 heavy (non-hydrogen) atoms. The fourth-order valence-corrected chi connectivity index (χ4v) is 2.67. The fraction of sp³-hybridized carbons (Fsp3) is 0.533. The van der Waals surface area contributed by atoms with E-state index in [4.69, 9.17) is 0 Å². The number of aryl methyl sites for hydroxylation is 1. The van der Waals surface area contributed by atoms with Crippen molar-refractivity contribution in [3.8, 4) is 0 Å². The van der Waals surface area contributed by atoms with Crippen LogP contribution in [0.5, 0.6) is 0 Å². The molecule has 1 unspecified atom stereocenters. The van der Waals surface area contributed by atoms with Gasteiger partial charge in [-0.05, 0) is 69.4 Å². The molecule has 0 spiro atoms. The number of rotatable bonds is 1. The molecule has 1 aromatic rings. The van der Waals surface area contributed by atoms with Crippen molar-refractivity contribution in [2.45, 2.75) is 51.7 Å². The quantitative estimate of drug-likeness (QED) is 0.796. The summed E-state index contributed by atoms with van der Waals surface area (Å²) in [5.74, 6) is 0. The van der Waals surface area contributed by atoms with Gasteiger partial charge in [-0.3, -0.25) is 4.79 Å². The molecular formula is C15H20O3. The van der Waals surface area contributed by atoms with E-state index in [1.165, 1.54) is 0 Å². The molecule has 1 aromatic carbocycles. The summed E-state index contributed by atoms with van der Waals surface area (Å²) in [4.78, 5) is 12.1. The van der Waals surface area contributed by atoms with Gasteiger partial charge in [0.2, 0.25) is 0 Å². The fourth-order valence-electron chi connectivity index (χ4n) is 2.67. The maximum Gasteiger partial charge on any atom is 0.184 e. The second-order valence-electron chi connectivity index (χ2n) is 5.97. The highest BCUT2D eigenvalue weighted by Crippen LogP contribution is 2.38. The molecule has 0 radical (unpaired) electrons. The first kappa shape index (κ1) is 13.2. The predicted octanol–water partition coefficient (Wildman–Crippen LogP) is 1.74. The van der Waals surface area contributed by atoms with Gasteiger partial charge >= 0.3 is 0 Å². The van der Waals surface area contributed by atoms with Gasteiger partial charge in [0, 0.05) is 5.56 Å². The van der Waals surface area contributed by atoms with Crippen molar-refractivity contribution in [3.63, 3.8) is 0 Å². The number of aliphatic hydroxyl groups is 2. The van der Waals surface area contributed by atoms with Crippen molar-refractivity contribution in [1.82, 2.24) is 0 Å². The molecule has 0 saturated carbocycles. The molecular weight excluding hydrogens is 228 g/mol. The van der Waals surface area contributed by atoms with Crippen molar-refractivity contribution in [2.75, 3.05) is 0 Å². The van der Waals surface area contributed by atoms with E-state index in [0.29, 0.717) is 12.0 Å². The molecule has 0 amide bonds. The normalized spacial score (nSPS) is 23.0. The van der Waals surface area contributed by atoms with Gasteiger partial charge in [-0.15, -0.1) is 0 Å². The standard InChI is InChI=1S/C15H20O3/c1-9-7-13(16)12(14(2,3)17)8-11-10(9)5-6-15(11,4)18/h7-8,17-18H,5-6H2,1-4H3. The van der Waals surface area contributed by atoms with Crippen LogP contribution in [0.4, 0.5) is 0 Å². The van der Waals surface area contributed by atoms with Crippen LogP contribution in [0.25, 0.3) is 0 Å². The molecule has 0 aromatic heterocycles. The Bertz CT molecular complexity index is 551. The van der Waals surface area contributed by atoms with Crippen LogP contribution in [-0.4, -0.2) is 10.2 Å². The molecule has 98 valence electrons. The highest BCUT2D eigenvalue weighted by atomic mass is 16.3. The maximum absolute atomic E-state index is 12.1. The van der Waals surface area contributed by atoms with Crippen LogP contribution in [0.15, 0.2) is 16.9 Å². The largest absolute Gasteiger partial charge is 0.386 e. The molecule has 0 aliphatic heterocycles. The summed E-state index contributed by atoms with van der Waals surface area (Å²) in [6.45, 7) is 6.83. The molecule has 1 aliphatic carbocycles.